The molecule has 0 spiro atoms. The molecule has 1 aliphatic heterocycles. The fraction of sp³-hybridized carbons (Fsp3) is 0.526. The van der Waals surface area contributed by atoms with Crippen molar-refractivity contribution in [2.75, 3.05) is 36.5 Å². The van der Waals surface area contributed by atoms with Crippen LogP contribution in [0.2, 0.25) is 0 Å². The van der Waals surface area contributed by atoms with Gasteiger partial charge in [-0.3, -0.25) is 4.68 Å². The standard InChI is InChI=1S/C19H28N4O/c1-14(2)23-16(4)19(15(3)21-23)20-13-17-5-7-18(8-6-17)22-9-11-24-12-10-22/h5-8,14,20H,9-13H2,1-4H3. The lowest BCUT2D eigenvalue weighted by molar-refractivity contribution is 0.122. The summed E-state index contributed by atoms with van der Waals surface area (Å²) in [5.74, 6) is 0. The fourth-order valence-electron chi connectivity index (χ4n) is 3.26. The minimum absolute atomic E-state index is 0.382. The Hall–Kier alpha value is -2.01. The number of aromatic nitrogens is 2. The van der Waals surface area contributed by atoms with Crippen molar-refractivity contribution < 1.29 is 4.74 Å². The number of ether oxygens (including phenoxy) is 1. The summed E-state index contributed by atoms with van der Waals surface area (Å²) in [6.07, 6.45) is 0. The minimum Gasteiger partial charge on any atom is -0.378 e. The zero-order chi connectivity index (χ0) is 17.1. The molecular weight excluding hydrogens is 300 g/mol. The van der Waals surface area contributed by atoms with Crippen molar-refractivity contribution in [3.05, 3.63) is 41.2 Å². The van der Waals surface area contributed by atoms with Gasteiger partial charge in [0.25, 0.3) is 0 Å². The Bertz CT molecular complexity index is 669. The first-order chi connectivity index (χ1) is 11.6. The molecule has 3 rings (SSSR count). The Morgan fingerprint density at radius 2 is 1.79 bits per heavy atom. The Kier molecular flexibility index (Phi) is 5.09. The van der Waals surface area contributed by atoms with Crippen LogP contribution in [0.5, 0.6) is 0 Å². The van der Waals surface area contributed by atoms with Crippen LogP contribution in [0.3, 0.4) is 0 Å². The number of nitrogens with one attached hydrogen (secondary N) is 1. The molecule has 1 aliphatic rings. The highest BCUT2D eigenvalue weighted by molar-refractivity contribution is 5.53. The minimum atomic E-state index is 0.382. The zero-order valence-electron chi connectivity index (χ0n) is 15.2. The number of rotatable bonds is 5. The molecule has 0 amide bonds. The average Bonchev–Trinajstić information content (AvgIpc) is 2.89. The number of nitrogens with zero attached hydrogens (tertiary/aromatic N) is 3. The molecule has 24 heavy (non-hydrogen) atoms. The maximum absolute atomic E-state index is 5.41. The highest BCUT2D eigenvalue weighted by Gasteiger charge is 2.13. The monoisotopic (exact) mass is 328 g/mol. The highest BCUT2D eigenvalue weighted by Crippen LogP contribution is 2.23. The summed E-state index contributed by atoms with van der Waals surface area (Å²) in [5, 5.41) is 8.19. The second-order valence-electron chi connectivity index (χ2n) is 6.70. The van der Waals surface area contributed by atoms with E-state index in [0.29, 0.717) is 6.04 Å². The van der Waals surface area contributed by atoms with Gasteiger partial charge in [-0.1, -0.05) is 12.1 Å². The molecule has 0 aliphatic carbocycles. The van der Waals surface area contributed by atoms with Crippen molar-refractivity contribution in [2.24, 2.45) is 0 Å². The van der Waals surface area contributed by atoms with Gasteiger partial charge >= 0.3 is 0 Å². The van der Waals surface area contributed by atoms with E-state index in [1.54, 1.807) is 0 Å². The molecule has 0 unspecified atom stereocenters. The lowest BCUT2D eigenvalue weighted by Crippen LogP contribution is -2.36. The van der Waals surface area contributed by atoms with Gasteiger partial charge in [0.2, 0.25) is 0 Å². The van der Waals surface area contributed by atoms with Crippen molar-refractivity contribution in [1.29, 1.82) is 0 Å². The van der Waals surface area contributed by atoms with Crippen LogP contribution in [0, 0.1) is 13.8 Å². The number of benzene rings is 1. The number of aryl methyl sites for hydroxylation is 1. The van der Waals surface area contributed by atoms with Crippen LogP contribution in [-0.4, -0.2) is 36.1 Å². The third-order valence-electron chi connectivity index (χ3n) is 4.60. The van der Waals surface area contributed by atoms with E-state index >= 15 is 0 Å². The summed E-state index contributed by atoms with van der Waals surface area (Å²) in [6, 6.07) is 9.20. The lowest BCUT2D eigenvalue weighted by atomic mass is 10.1. The Labute approximate surface area is 144 Å². The molecule has 2 heterocycles. The van der Waals surface area contributed by atoms with E-state index in [0.717, 1.165) is 44.2 Å². The van der Waals surface area contributed by atoms with E-state index in [9.17, 15) is 0 Å². The molecule has 1 N–H and O–H groups in total. The molecule has 2 aromatic rings. The van der Waals surface area contributed by atoms with Crippen LogP contribution in [0.15, 0.2) is 24.3 Å². The second-order valence-corrected chi connectivity index (χ2v) is 6.70. The predicted molar refractivity (Wildman–Crippen MR) is 98.9 cm³/mol. The lowest BCUT2D eigenvalue weighted by Gasteiger charge is -2.28. The van der Waals surface area contributed by atoms with Crippen molar-refractivity contribution in [2.45, 2.75) is 40.3 Å². The Morgan fingerprint density at radius 1 is 1.12 bits per heavy atom. The maximum atomic E-state index is 5.41. The molecule has 5 nitrogen and oxygen atoms in total. The van der Waals surface area contributed by atoms with Crippen molar-refractivity contribution in [3.63, 3.8) is 0 Å². The van der Waals surface area contributed by atoms with Crippen LogP contribution in [0.1, 0.15) is 36.8 Å². The van der Waals surface area contributed by atoms with Gasteiger partial charge in [-0.25, -0.2) is 0 Å². The van der Waals surface area contributed by atoms with Crippen LogP contribution in [0.4, 0.5) is 11.4 Å². The van der Waals surface area contributed by atoms with Crippen LogP contribution < -0.4 is 10.2 Å². The van der Waals surface area contributed by atoms with Crippen LogP contribution in [0.25, 0.3) is 0 Å². The van der Waals surface area contributed by atoms with Gasteiger partial charge < -0.3 is 15.0 Å². The summed E-state index contributed by atoms with van der Waals surface area (Å²) in [4.78, 5) is 2.38. The number of morpholine rings is 1. The summed E-state index contributed by atoms with van der Waals surface area (Å²) in [6.45, 7) is 12.9. The molecule has 0 saturated carbocycles. The normalized spacial score (nSPS) is 15.1. The van der Waals surface area contributed by atoms with Crippen LogP contribution >= 0.6 is 0 Å². The number of hydrogen-bond acceptors (Lipinski definition) is 4. The SMILES string of the molecule is Cc1nn(C(C)C)c(C)c1NCc1ccc(N2CCOCC2)cc1. The van der Waals surface area contributed by atoms with Gasteiger partial charge in [0.05, 0.1) is 30.3 Å². The van der Waals surface area contributed by atoms with Crippen LogP contribution in [-0.2, 0) is 11.3 Å². The van der Waals surface area contributed by atoms with E-state index < -0.39 is 0 Å². The Balaban J connectivity index is 1.65. The van der Waals surface area contributed by atoms with Gasteiger partial charge in [-0.2, -0.15) is 5.10 Å². The molecule has 1 fully saturated rings. The van der Waals surface area contributed by atoms with Gasteiger partial charge in [0, 0.05) is 31.4 Å². The summed E-state index contributed by atoms with van der Waals surface area (Å²) < 4.78 is 7.50. The third kappa shape index (κ3) is 3.56. The first-order valence-corrected chi connectivity index (χ1v) is 8.77. The van der Waals surface area contributed by atoms with Gasteiger partial charge in [0.15, 0.2) is 0 Å². The van der Waals surface area contributed by atoms with Crippen molar-refractivity contribution >= 4 is 11.4 Å². The largest absolute Gasteiger partial charge is 0.378 e. The van der Waals surface area contributed by atoms with Crippen molar-refractivity contribution in [3.8, 4) is 0 Å². The van der Waals surface area contributed by atoms with E-state index in [-0.39, 0.29) is 0 Å². The number of anilines is 2. The van der Waals surface area contributed by atoms with E-state index in [1.165, 1.54) is 16.9 Å². The molecule has 0 radical (unpaired) electrons. The van der Waals surface area contributed by atoms with Crippen molar-refractivity contribution in [1.82, 2.24) is 9.78 Å². The average molecular weight is 328 g/mol. The molecule has 1 aromatic heterocycles. The quantitative estimate of drug-likeness (QED) is 0.912. The topological polar surface area (TPSA) is 42.3 Å². The zero-order valence-corrected chi connectivity index (χ0v) is 15.2. The molecule has 1 saturated heterocycles. The first-order valence-electron chi connectivity index (χ1n) is 8.77. The maximum Gasteiger partial charge on any atom is 0.0828 e. The molecular formula is C19H28N4O. The van der Waals surface area contributed by atoms with Gasteiger partial charge in [-0.15, -0.1) is 0 Å². The first kappa shape index (κ1) is 16.8. The van der Waals surface area contributed by atoms with Gasteiger partial charge in [0.1, 0.15) is 0 Å². The van der Waals surface area contributed by atoms with E-state index in [2.05, 4.69) is 72.0 Å². The molecule has 1 aromatic carbocycles. The smallest absolute Gasteiger partial charge is 0.0828 e. The molecule has 0 atom stereocenters. The predicted octanol–water partition coefficient (Wildman–Crippen LogP) is 3.53. The van der Waals surface area contributed by atoms with E-state index in [4.69, 9.17) is 4.74 Å². The summed E-state index contributed by atoms with van der Waals surface area (Å²) in [7, 11) is 0. The van der Waals surface area contributed by atoms with Gasteiger partial charge in [-0.05, 0) is 45.4 Å². The molecule has 130 valence electrons. The highest BCUT2D eigenvalue weighted by atomic mass is 16.5. The summed E-state index contributed by atoms with van der Waals surface area (Å²) >= 11 is 0. The fourth-order valence-corrected chi connectivity index (χ4v) is 3.26. The molecule has 5 heteroatoms. The summed E-state index contributed by atoms with van der Waals surface area (Å²) in [5.41, 5.74) is 5.98. The number of hydrogen-bond donors (Lipinski definition) is 1. The second kappa shape index (κ2) is 7.26. The Morgan fingerprint density at radius 3 is 2.38 bits per heavy atom. The molecule has 0 bridgehead atoms. The van der Waals surface area contributed by atoms with E-state index in [1.807, 2.05) is 0 Å². The third-order valence-corrected chi connectivity index (χ3v) is 4.60.